The Morgan fingerprint density at radius 3 is 2.56 bits per heavy atom. The minimum atomic E-state index is -0.895. The molecule has 18 heavy (non-hydrogen) atoms. The summed E-state index contributed by atoms with van der Waals surface area (Å²) in [6.45, 7) is 1.45. The molecule has 0 spiro atoms. The smallest absolute Gasteiger partial charge is 0.340 e. The van der Waals surface area contributed by atoms with Crippen LogP contribution >= 0.6 is 0 Å². The van der Waals surface area contributed by atoms with E-state index in [1.54, 1.807) is 24.3 Å². The molecule has 2 atom stereocenters. The number of hydrogen-bond donors (Lipinski definition) is 0. The van der Waals surface area contributed by atoms with Crippen molar-refractivity contribution < 1.29 is 23.8 Å². The molecule has 0 saturated heterocycles. The number of carbonyl (C=O) groups excluding carboxylic acids is 2. The van der Waals surface area contributed by atoms with Gasteiger partial charge >= 0.3 is 5.97 Å². The molecule has 0 fully saturated rings. The van der Waals surface area contributed by atoms with Gasteiger partial charge in [0.15, 0.2) is 18.5 Å². The fourth-order valence-electron chi connectivity index (χ4n) is 1.34. The van der Waals surface area contributed by atoms with Gasteiger partial charge in [-0.05, 0) is 12.5 Å². The Morgan fingerprint density at radius 2 is 2.00 bits per heavy atom. The highest BCUT2D eigenvalue weighted by Gasteiger charge is 2.24. The standard InChI is InChI=1S/C13H16O5/c1-10(8-14)18-13(15)12(17-9-16-2)11-6-4-3-5-7-11/h3-8,10,12H,9H2,1-2H3/t10-,12+/m0/s1. The van der Waals surface area contributed by atoms with Gasteiger partial charge in [-0.2, -0.15) is 0 Å². The number of esters is 1. The second kappa shape index (κ2) is 7.58. The Morgan fingerprint density at radius 1 is 1.33 bits per heavy atom. The number of methoxy groups -OCH3 is 1. The van der Waals surface area contributed by atoms with Crippen LogP contribution in [0.3, 0.4) is 0 Å². The van der Waals surface area contributed by atoms with E-state index in [2.05, 4.69) is 0 Å². The van der Waals surface area contributed by atoms with Crippen molar-refractivity contribution in [2.75, 3.05) is 13.9 Å². The maximum Gasteiger partial charge on any atom is 0.340 e. The summed E-state index contributed by atoms with van der Waals surface area (Å²) >= 11 is 0. The summed E-state index contributed by atoms with van der Waals surface area (Å²) in [7, 11) is 1.46. The number of benzene rings is 1. The summed E-state index contributed by atoms with van der Waals surface area (Å²) in [5.41, 5.74) is 0.651. The third-order valence-electron chi connectivity index (χ3n) is 2.16. The van der Waals surface area contributed by atoms with E-state index in [1.807, 2.05) is 6.07 Å². The minimum Gasteiger partial charge on any atom is -0.453 e. The molecule has 0 aromatic heterocycles. The van der Waals surface area contributed by atoms with Crippen LogP contribution in [0.1, 0.15) is 18.6 Å². The Bertz CT molecular complexity index is 376. The first kappa shape index (κ1) is 14.3. The number of ether oxygens (including phenoxy) is 3. The summed E-state index contributed by atoms with van der Waals surface area (Å²) in [5, 5.41) is 0. The number of carbonyl (C=O) groups is 2. The topological polar surface area (TPSA) is 61.8 Å². The van der Waals surface area contributed by atoms with Crippen molar-refractivity contribution in [1.29, 1.82) is 0 Å². The number of hydrogen-bond acceptors (Lipinski definition) is 5. The van der Waals surface area contributed by atoms with E-state index < -0.39 is 18.2 Å². The molecular formula is C13H16O5. The summed E-state index contributed by atoms with van der Waals surface area (Å²) in [6.07, 6.45) is -1.14. The predicted molar refractivity (Wildman–Crippen MR) is 63.8 cm³/mol. The van der Waals surface area contributed by atoms with Crippen LogP contribution in [0.15, 0.2) is 30.3 Å². The fraction of sp³-hybridized carbons (Fsp3) is 0.385. The van der Waals surface area contributed by atoms with Crippen molar-refractivity contribution in [3.63, 3.8) is 0 Å². The predicted octanol–water partition coefficient (Wildman–Crippen LogP) is 1.48. The van der Waals surface area contributed by atoms with Crippen molar-refractivity contribution in [3.8, 4) is 0 Å². The lowest BCUT2D eigenvalue weighted by Crippen LogP contribution is -2.24. The average Bonchev–Trinajstić information content (AvgIpc) is 2.40. The Balaban J connectivity index is 2.78. The van der Waals surface area contributed by atoms with E-state index in [1.165, 1.54) is 14.0 Å². The lowest BCUT2D eigenvalue weighted by molar-refractivity contribution is -0.171. The highest BCUT2D eigenvalue weighted by atomic mass is 16.7. The van der Waals surface area contributed by atoms with Gasteiger partial charge in [0.05, 0.1) is 0 Å². The molecule has 0 saturated carbocycles. The van der Waals surface area contributed by atoms with Crippen molar-refractivity contribution >= 4 is 12.3 Å². The lowest BCUT2D eigenvalue weighted by atomic mass is 10.1. The normalized spacial score (nSPS) is 13.7. The van der Waals surface area contributed by atoms with Crippen LogP contribution in [0.5, 0.6) is 0 Å². The van der Waals surface area contributed by atoms with E-state index in [0.29, 0.717) is 11.8 Å². The van der Waals surface area contributed by atoms with Crippen LogP contribution in [0, 0.1) is 0 Å². The lowest BCUT2D eigenvalue weighted by Gasteiger charge is -2.17. The van der Waals surface area contributed by atoms with Gasteiger partial charge in [0, 0.05) is 7.11 Å². The summed E-state index contributed by atoms with van der Waals surface area (Å²) < 4.78 is 15.0. The molecule has 0 bridgehead atoms. The maximum atomic E-state index is 11.9. The van der Waals surface area contributed by atoms with Gasteiger partial charge in [0.25, 0.3) is 0 Å². The van der Waals surface area contributed by atoms with Crippen LogP contribution in [0.2, 0.25) is 0 Å². The largest absolute Gasteiger partial charge is 0.453 e. The van der Waals surface area contributed by atoms with E-state index in [-0.39, 0.29) is 6.79 Å². The van der Waals surface area contributed by atoms with Crippen molar-refractivity contribution in [1.82, 2.24) is 0 Å². The third kappa shape index (κ3) is 4.27. The molecule has 5 nitrogen and oxygen atoms in total. The van der Waals surface area contributed by atoms with Gasteiger partial charge in [-0.1, -0.05) is 30.3 Å². The van der Waals surface area contributed by atoms with Crippen molar-refractivity contribution in [3.05, 3.63) is 35.9 Å². The van der Waals surface area contributed by atoms with Gasteiger partial charge in [-0.3, -0.25) is 4.79 Å². The van der Waals surface area contributed by atoms with Gasteiger partial charge < -0.3 is 14.2 Å². The molecule has 0 amide bonds. The van der Waals surface area contributed by atoms with E-state index in [0.717, 1.165) is 0 Å². The second-order valence-corrected chi connectivity index (χ2v) is 3.64. The molecule has 5 heteroatoms. The van der Waals surface area contributed by atoms with Crippen LogP contribution in [-0.2, 0) is 23.8 Å². The average molecular weight is 252 g/mol. The SMILES string of the molecule is COCO[C@@H](C(=O)O[C@@H](C)C=O)c1ccccc1. The number of rotatable bonds is 7. The Kier molecular flexibility index (Phi) is 6.04. The maximum absolute atomic E-state index is 11.9. The van der Waals surface area contributed by atoms with Crippen LogP contribution in [-0.4, -0.2) is 32.3 Å². The van der Waals surface area contributed by atoms with E-state index in [9.17, 15) is 9.59 Å². The molecule has 1 rings (SSSR count). The zero-order chi connectivity index (χ0) is 13.4. The highest BCUT2D eigenvalue weighted by molar-refractivity contribution is 5.78. The highest BCUT2D eigenvalue weighted by Crippen LogP contribution is 2.19. The first-order chi connectivity index (χ1) is 8.69. The van der Waals surface area contributed by atoms with Crippen molar-refractivity contribution in [2.45, 2.75) is 19.1 Å². The molecule has 0 unspecified atom stereocenters. The molecule has 0 heterocycles. The van der Waals surface area contributed by atoms with Crippen LogP contribution in [0.4, 0.5) is 0 Å². The van der Waals surface area contributed by atoms with Gasteiger partial charge in [-0.25, -0.2) is 4.79 Å². The summed E-state index contributed by atoms with van der Waals surface area (Å²) in [4.78, 5) is 22.3. The second-order valence-electron chi connectivity index (χ2n) is 3.64. The van der Waals surface area contributed by atoms with Crippen LogP contribution < -0.4 is 0 Å². The number of aldehydes is 1. The zero-order valence-electron chi connectivity index (χ0n) is 10.4. The third-order valence-corrected chi connectivity index (χ3v) is 2.16. The summed E-state index contributed by atoms with van der Waals surface area (Å²) in [5.74, 6) is -0.613. The summed E-state index contributed by atoms with van der Waals surface area (Å²) in [6, 6.07) is 8.89. The molecular weight excluding hydrogens is 236 g/mol. The van der Waals surface area contributed by atoms with E-state index >= 15 is 0 Å². The van der Waals surface area contributed by atoms with Gasteiger partial charge in [0.2, 0.25) is 0 Å². The zero-order valence-corrected chi connectivity index (χ0v) is 10.4. The monoisotopic (exact) mass is 252 g/mol. The molecule has 98 valence electrons. The first-order valence-corrected chi connectivity index (χ1v) is 5.50. The molecule has 0 aliphatic rings. The molecule has 0 aliphatic heterocycles. The Hall–Kier alpha value is -1.72. The van der Waals surface area contributed by atoms with Gasteiger partial charge in [0.1, 0.15) is 6.79 Å². The quantitative estimate of drug-likeness (QED) is 0.418. The Labute approximate surface area is 106 Å². The van der Waals surface area contributed by atoms with E-state index in [4.69, 9.17) is 14.2 Å². The van der Waals surface area contributed by atoms with Crippen LogP contribution in [0.25, 0.3) is 0 Å². The van der Waals surface area contributed by atoms with Gasteiger partial charge in [-0.15, -0.1) is 0 Å². The van der Waals surface area contributed by atoms with Crippen molar-refractivity contribution in [2.24, 2.45) is 0 Å². The molecule has 0 aliphatic carbocycles. The molecule has 0 N–H and O–H groups in total. The fourth-order valence-corrected chi connectivity index (χ4v) is 1.34. The molecule has 1 aromatic carbocycles. The first-order valence-electron chi connectivity index (χ1n) is 5.50. The molecule has 1 aromatic rings. The minimum absolute atomic E-state index is 0.0376. The molecule has 0 radical (unpaired) electrons.